The highest BCUT2D eigenvalue weighted by Gasteiger charge is 2.19. The Hall–Kier alpha value is -1.71. The third kappa shape index (κ3) is 27.5. The van der Waals surface area contributed by atoms with Crippen LogP contribution in [0.2, 0.25) is 0 Å². The number of carbonyl (C=O) groups is 1. The minimum absolute atomic E-state index is 0.00944. The quantitative estimate of drug-likeness (QED) is 0.0383. The van der Waals surface area contributed by atoms with Crippen LogP contribution in [0.3, 0.4) is 0 Å². The fraction of sp³-hybridized carbons (Fsp3) is 0.735. The van der Waals surface area contributed by atoms with Gasteiger partial charge in [0.1, 0.15) is 11.5 Å². The first kappa shape index (κ1) is 49.4. The van der Waals surface area contributed by atoms with Crippen molar-refractivity contribution in [3.05, 3.63) is 59.7 Å². The average molecular weight is 799 g/mol. The van der Waals surface area contributed by atoms with Gasteiger partial charge in [-0.05, 0) is 79.6 Å². The molecule has 0 aliphatic heterocycles. The summed E-state index contributed by atoms with van der Waals surface area (Å²) in [5.74, 6) is 3.03. The van der Waals surface area contributed by atoms with Crippen molar-refractivity contribution in [2.24, 2.45) is 0 Å². The second-order valence-electron chi connectivity index (χ2n) is 15.8. The van der Waals surface area contributed by atoms with Gasteiger partial charge < -0.3 is 13.8 Å². The fourth-order valence-electron chi connectivity index (χ4n) is 7.09. The Kier molecular flexibility index (Phi) is 32.9. The Balaban J connectivity index is 1.78. The molecule has 0 spiro atoms. The van der Waals surface area contributed by atoms with E-state index in [4.69, 9.17) is 13.8 Å². The van der Waals surface area contributed by atoms with Crippen LogP contribution in [-0.2, 0) is 22.4 Å². The Morgan fingerprint density at radius 3 is 1.33 bits per heavy atom. The first-order chi connectivity index (χ1) is 27.2. The molecule has 0 heterocycles. The van der Waals surface area contributed by atoms with Crippen LogP contribution in [0.1, 0.15) is 218 Å². The lowest BCUT2D eigenvalue weighted by atomic mass is 10.0. The van der Waals surface area contributed by atoms with Crippen LogP contribution in [0.15, 0.2) is 48.5 Å². The number of esters is 1. The van der Waals surface area contributed by atoms with Crippen molar-refractivity contribution in [2.45, 2.75) is 220 Å². The van der Waals surface area contributed by atoms with Gasteiger partial charge in [-0.15, -0.1) is 0 Å². The summed E-state index contributed by atoms with van der Waals surface area (Å²) in [5.41, 5.74) is 2.62. The van der Waals surface area contributed by atoms with Gasteiger partial charge in [-0.2, -0.15) is 0 Å². The maximum Gasteiger partial charge on any atom is 0.360 e. The van der Waals surface area contributed by atoms with Crippen LogP contribution in [0.25, 0.3) is 0 Å². The van der Waals surface area contributed by atoms with Gasteiger partial charge >= 0.3 is 13.5 Å². The van der Waals surface area contributed by atoms with Gasteiger partial charge in [-0.3, -0.25) is 4.79 Å². The topological polar surface area (TPSA) is 44.8 Å². The fourth-order valence-corrected chi connectivity index (χ4v) is 10.0. The van der Waals surface area contributed by atoms with Crippen molar-refractivity contribution in [1.82, 2.24) is 0 Å². The summed E-state index contributed by atoms with van der Waals surface area (Å²) >= 11 is 1.87. The van der Waals surface area contributed by atoms with Crippen molar-refractivity contribution in [3.63, 3.8) is 0 Å². The molecule has 0 fully saturated rings. The monoisotopic (exact) mass is 799 g/mol. The first-order valence-electron chi connectivity index (χ1n) is 23.3. The Labute approximate surface area is 345 Å². The molecule has 55 heavy (non-hydrogen) atoms. The minimum Gasteiger partial charge on any atom is -0.466 e. The predicted octanol–water partition coefficient (Wildman–Crippen LogP) is 17.1. The molecule has 2 aromatic carbocycles. The first-order valence-corrected chi connectivity index (χ1v) is 26.0. The summed E-state index contributed by atoms with van der Waals surface area (Å²) in [7, 11) is -1.18. The SMILES string of the molecule is CCCCCCCCCOC(=O)CCCCCCCCCSP(Oc1ccccc1CCCCCCCCC)Oc1ccccc1CCCCCCCCC. The summed E-state index contributed by atoms with van der Waals surface area (Å²) in [6.07, 6.45) is 38.0. The second-order valence-corrected chi connectivity index (χ2v) is 18.9. The van der Waals surface area contributed by atoms with Gasteiger partial charge in [0.15, 0.2) is 0 Å². The van der Waals surface area contributed by atoms with Crippen LogP contribution >= 0.6 is 19.0 Å². The number of carbonyl (C=O) groups excluding carboxylic acids is 1. The Morgan fingerprint density at radius 1 is 0.473 bits per heavy atom. The van der Waals surface area contributed by atoms with Crippen molar-refractivity contribution >= 4 is 24.9 Å². The van der Waals surface area contributed by atoms with Crippen molar-refractivity contribution < 1.29 is 18.6 Å². The zero-order chi connectivity index (χ0) is 39.3. The summed E-state index contributed by atoms with van der Waals surface area (Å²) in [6.45, 7) is 7.42. The molecule has 2 aromatic rings. The Bertz CT molecular complexity index is 1100. The highest BCUT2D eigenvalue weighted by Crippen LogP contribution is 2.53. The van der Waals surface area contributed by atoms with Crippen molar-refractivity contribution in [1.29, 1.82) is 0 Å². The van der Waals surface area contributed by atoms with Gasteiger partial charge in [-0.1, -0.05) is 205 Å². The lowest BCUT2D eigenvalue weighted by Crippen LogP contribution is -2.05. The van der Waals surface area contributed by atoms with E-state index in [1.54, 1.807) is 0 Å². The number of hydrogen-bond acceptors (Lipinski definition) is 5. The minimum atomic E-state index is -1.18. The van der Waals surface area contributed by atoms with Gasteiger partial charge in [0.2, 0.25) is 0 Å². The summed E-state index contributed by atoms with van der Waals surface area (Å²) < 4.78 is 19.1. The van der Waals surface area contributed by atoms with E-state index < -0.39 is 7.58 Å². The standard InChI is InChI=1S/C49H83O4PS/c1-4-7-10-13-17-22-27-36-45-38-30-32-40-47(45)52-54(53-48-41-33-31-39-46(48)37-28-23-18-14-11-8-5-2)55-44-35-26-21-16-19-24-29-42-49(50)51-43-34-25-20-15-12-9-6-3/h30-33,38-41H,4-29,34-37,42-44H2,1-3H3. The number of aryl methyl sites for hydroxylation is 2. The molecule has 0 N–H and O–H groups in total. The zero-order valence-electron chi connectivity index (χ0n) is 35.9. The van der Waals surface area contributed by atoms with E-state index in [1.807, 2.05) is 11.4 Å². The number of unbranched alkanes of at least 4 members (excludes halogenated alkanes) is 24. The molecule has 0 aromatic heterocycles. The van der Waals surface area contributed by atoms with E-state index in [2.05, 4.69) is 69.3 Å². The molecule has 0 radical (unpaired) electrons. The van der Waals surface area contributed by atoms with E-state index in [0.29, 0.717) is 13.0 Å². The summed E-state index contributed by atoms with van der Waals surface area (Å²) in [4.78, 5) is 12.1. The highest BCUT2D eigenvalue weighted by atomic mass is 32.7. The molecule has 0 unspecified atom stereocenters. The van der Waals surface area contributed by atoms with E-state index in [9.17, 15) is 4.79 Å². The third-order valence-corrected chi connectivity index (χ3v) is 13.6. The lowest BCUT2D eigenvalue weighted by Gasteiger charge is -2.21. The predicted molar refractivity (Wildman–Crippen MR) is 243 cm³/mol. The number of para-hydroxylation sites is 2. The van der Waals surface area contributed by atoms with Crippen LogP contribution in [-0.4, -0.2) is 18.3 Å². The van der Waals surface area contributed by atoms with E-state index >= 15 is 0 Å². The van der Waals surface area contributed by atoms with Gasteiger partial charge in [0.25, 0.3) is 0 Å². The number of benzene rings is 2. The van der Waals surface area contributed by atoms with Crippen LogP contribution < -0.4 is 9.05 Å². The molecule has 0 bridgehead atoms. The molecule has 314 valence electrons. The maximum atomic E-state index is 12.1. The molecule has 2 rings (SSSR count). The lowest BCUT2D eigenvalue weighted by molar-refractivity contribution is -0.143. The van der Waals surface area contributed by atoms with Crippen molar-refractivity contribution in [3.8, 4) is 11.5 Å². The maximum absolute atomic E-state index is 12.1. The van der Waals surface area contributed by atoms with Crippen LogP contribution in [0.5, 0.6) is 11.5 Å². The third-order valence-electron chi connectivity index (χ3n) is 10.6. The van der Waals surface area contributed by atoms with Crippen molar-refractivity contribution in [2.75, 3.05) is 12.4 Å². The molecule has 0 aliphatic carbocycles. The number of hydrogen-bond donors (Lipinski definition) is 0. The van der Waals surface area contributed by atoms with Crippen LogP contribution in [0, 0.1) is 0 Å². The number of ether oxygens (including phenoxy) is 1. The highest BCUT2D eigenvalue weighted by molar-refractivity contribution is 8.53. The molecule has 0 aliphatic rings. The van der Waals surface area contributed by atoms with Crippen LogP contribution in [0.4, 0.5) is 0 Å². The average Bonchev–Trinajstić information content (AvgIpc) is 3.20. The molecule has 6 heteroatoms. The smallest absolute Gasteiger partial charge is 0.360 e. The zero-order valence-corrected chi connectivity index (χ0v) is 37.7. The largest absolute Gasteiger partial charge is 0.466 e. The van der Waals surface area contributed by atoms with Gasteiger partial charge in [0.05, 0.1) is 6.61 Å². The molecular formula is C49H83O4PS. The molecule has 0 atom stereocenters. The normalized spacial score (nSPS) is 11.3. The van der Waals surface area contributed by atoms with E-state index in [0.717, 1.165) is 49.4 Å². The number of rotatable bonds is 39. The molecule has 4 nitrogen and oxygen atoms in total. The summed E-state index contributed by atoms with van der Waals surface area (Å²) in [6, 6.07) is 17.3. The Morgan fingerprint density at radius 2 is 0.855 bits per heavy atom. The molecular weight excluding hydrogens is 716 g/mol. The van der Waals surface area contributed by atoms with Gasteiger partial charge in [-0.25, -0.2) is 0 Å². The second kappa shape index (κ2) is 36.6. The molecule has 0 amide bonds. The molecule has 0 saturated heterocycles. The van der Waals surface area contributed by atoms with Gasteiger partial charge in [0, 0.05) is 12.2 Å². The van der Waals surface area contributed by atoms with E-state index in [1.165, 1.54) is 172 Å². The van der Waals surface area contributed by atoms with E-state index in [-0.39, 0.29) is 5.97 Å². The summed E-state index contributed by atoms with van der Waals surface area (Å²) in [5, 5.41) is 0. The molecule has 0 saturated carbocycles.